The van der Waals surface area contributed by atoms with Gasteiger partial charge in [0.2, 0.25) is 0 Å². The second-order valence-corrected chi connectivity index (χ2v) is 8.17. The molecule has 0 unspecified atom stereocenters. The fraction of sp³-hybridized carbons (Fsp3) is 0.172. The summed E-state index contributed by atoms with van der Waals surface area (Å²) in [5, 5.41) is 0. The van der Waals surface area contributed by atoms with Gasteiger partial charge in [-0.05, 0) is 63.8 Å². The Morgan fingerprint density at radius 2 is 0.966 bits per heavy atom. The standard InChI is InChI=1S/C29H28/c1-21(2)19-26-20-22(3)27(23-13-7-4-8-14-23)29(25-17-11-6-12-18-25)28(26)24-15-9-5-10-16-24/h4-18,20-21H,19H2,1-3H3. The van der Waals surface area contributed by atoms with Gasteiger partial charge < -0.3 is 0 Å². The van der Waals surface area contributed by atoms with Gasteiger partial charge in [0.25, 0.3) is 0 Å². The van der Waals surface area contributed by atoms with Crippen LogP contribution < -0.4 is 0 Å². The molecule has 0 nitrogen and oxygen atoms in total. The number of rotatable bonds is 5. The second kappa shape index (κ2) is 8.49. The molecular weight excluding hydrogens is 348 g/mol. The van der Waals surface area contributed by atoms with E-state index >= 15 is 0 Å². The minimum atomic E-state index is 0.600. The van der Waals surface area contributed by atoms with Crippen molar-refractivity contribution in [1.82, 2.24) is 0 Å². The molecule has 0 fully saturated rings. The Bertz CT molecular complexity index is 1080. The van der Waals surface area contributed by atoms with Gasteiger partial charge >= 0.3 is 0 Å². The van der Waals surface area contributed by atoms with Crippen LogP contribution in [0.25, 0.3) is 33.4 Å². The van der Waals surface area contributed by atoms with Crippen LogP contribution in [0.5, 0.6) is 0 Å². The van der Waals surface area contributed by atoms with E-state index in [0.29, 0.717) is 5.92 Å². The molecule has 0 heterocycles. The van der Waals surface area contributed by atoms with E-state index in [1.807, 2.05) is 0 Å². The number of benzene rings is 4. The lowest BCUT2D eigenvalue weighted by molar-refractivity contribution is 0.648. The molecule has 4 rings (SSSR count). The fourth-order valence-corrected chi connectivity index (χ4v) is 4.29. The zero-order valence-electron chi connectivity index (χ0n) is 17.5. The van der Waals surface area contributed by atoms with Crippen LogP contribution in [0, 0.1) is 12.8 Å². The summed E-state index contributed by atoms with van der Waals surface area (Å²) in [6.07, 6.45) is 1.07. The zero-order valence-corrected chi connectivity index (χ0v) is 17.5. The molecule has 0 bridgehead atoms. The molecular formula is C29H28. The van der Waals surface area contributed by atoms with E-state index in [4.69, 9.17) is 0 Å². The zero-order chi connectivity index (χ0) is 20.2. The minimum Gasteiger partial charge on any atom is -0.0625 e. The van der Waals surface area contributed by atoms with Crippen LogP contribution in [0.3, 0.4) is 0 Å². The van der Waals surface area contributed by atoms with Gasteiger partial charge in [0.1, 0.15) is 0 Å². The van der Waals surface area contributed by atoms with E-state index in [9.17, 15) is 0 Å². The lowest BCUT2D eigenvalue weighted by atomic mass is 9.80. The van der Waals surface area contributed by atoms with Gasteiger partial charge in [-0.2, -0.15) is 0 Å². The highest BCUT2D eigenvalue weighted by Crippen LogP contribution is 2.44. The van der Waals surface area contributed by atoms with Crippen LogP contribution in [0.15, 0.2) is 97.1 Å². The van der Waals surface area contributed by atoms with Gasteiger partial charge in [-0.25, -0.2) is 0 Å². The van der Waals surface area contributed by atoms with Gasteiger partial charge in [-0.15, -0.1) is 0 Å². The van der Waals surface area contributed by atoms with Gasteiger partial charge in [0, 0.05) is 0 Å². The molecule has 0 saturated heterocycles. The number of hydrogen-bond donors (Lipinski definition) is 0. The van der Waals surface area contributed by atoms with Gasteiger partial charge in [0.05, 0.1) is 0 Å². The molecule has 0 spiro atoms. The van der Waals surface area contributed by atoms with Crippen molar-refractivity contribution < 1.29 is 0 Å². The Kier molecular flexibility index (Phi) is 5.62. The Hall–Kier alpha value is -3.12. The van der Waals surface area contributed by atoms with Crippen LogP contribution in [0.2, 0.25) is 0 Å². The highest BCUT2D eigenvalue weighted by atomic mass is 14.2. The molecule has 0 aliphatic rings. The van der Waals surface area contributed by atoms with E-state index in [1.165, 1.54) is 44.5 Å². The van der Waals surface area contributed by atoms with Crippen molar-refractivity contribution in [3.8, 4) is 33.4 Å². The van der Waals surface area contributed by atoms with E-state index in [2.05, 4.69) is 118 Å². The molecule has 29 heavy (non-hydrogen) atoms. The predicted octanol–water partition coefficient (Wildman–Crippen LogP) is 8.19. The summed E-state index contributed by atoms with van der Waals surface area (Å²) >= 11 is 0. The van der Waals surface area contributed by atoms with Crippen molar-refractivity contribution in [2.45, 2.75) is 27.2 Å². The van der Waals surface area contributed by atoms with E-state index < -0.39 is 0 Å². The highest BCUT2D eigenvalue weighted by Gasteiger charge is 2.20. The smallest absolute Gasteiger partial charge is 0.00214 e. The lowest BCUT2D eigenvalue weighted by Crippen LogP contribution is -2.02. The third-order valence-electron chi connectivity index (χ3n) is 5.42. The Morgan fingerprint density at radius 1 is 0.552 bits per heavy atom. The van der Waals surface area contributed by atoms with Crippen LogP contribution >= 0.6 is 0 Å². The first kappa shape index (κ1) is 19.2. The van der Waals surface area contributed by atoms with Crippen molar-refractivity contribution >= 4 is 0 Å². The van der Waals surface area contributed by atoms with Crippen molar-refractivity contribution in [3.05, 3.63) is 108 Å². The first-order chi connectivity index (χ1) is 14.1. The predicted molar refractivity (Wildman–Crippen MR) is 126 cm³/mol. The van der Waals surface area contributed by atoms with Gasteiger partial charge in [0.15, 0.2) is 0 Å². The second-order valence-electron chi connectivity index (χ2n) is 8.17. The van der Waals surface area contributed by atoms with E-state index in [-0.39, 0.29) is 0 Å². The maximum Gasteiger partial charge on any atom is -0.00214 e. The third-order valence-corrected chi connectivity index (χ3v) is 5.42. The van der Waals surface area contributed by atoms with Gasteiger partial charge in [-0.1, -0.05) is 111 Å². The van der Waals surface area contributed by atoms with Crippen LogP contribution in [0.4, 0.5) is 0 Å². The van der Waals surface area contributed by atoms with Crippen LogP contribution in [-0.2, 0) is 6.42 Å². The first-order valence-electron chi connectivity index (χ1n) is 10.5. The molecule has 0 radical (unpaired) electrons. The van der Waals surface area contributed by atoms with Crippen LogP contribution in [0.1, 0.15) is 25.0 Å². The maximum absolute atomic E-state index is 2.41. The number of hydrogen-bond acceptors (Lipinski definition) is 0. The molecule has 0 saturated carbocycles. The van der Waals surface area contributed by atoms with Crippen molar-refractivity contribution in [2.75, 3.05) is 0 Å². The lowest BCUT2D eigenvalue weighted by Gasteiger charge is -2.23. The fourth-order valence-electron chi connectivity index (χ4n) is 4.29. The molecule has 144 valence electrons. The number of aryl methyl sites for hydroxylation is 1. The maximum atomic E-state index is 2.41. The SMILES string of the molecule is Cc1cc(CC(C)C)c(-c2ccccc2)c(-c2ccccc2)c1-c1ccccc1. The summed E-state index contributed by atoms with van der Waals surface area (Å²) < 4.78 is 0. The largest absolute Gasteiger partial charge is 0.0625 e. The normalized spacial score (nSPS) is 11.0. The quantitative estimate of drug-likeness (QED) is 0.329. The van der Waals surface area contributed by atoms with Crippen molar-refractivity contribution in [1.29, 1.82) is 0 Å². The molecule has 0 N–H and O–H groups in total. The molecule has 0 atom stereocenters. The van der Waals surface area contributed by atoms with Crippen molar-refractivity contribution in [2.24, 2.45) is 5.92 Å². The summed E-state index contributed by atoms with van der Waals surface area (Å²) in [6.45, 7) is 6.86. The topological polar surface area (TPSA) is 0 Å². The molecule has 4 aromatic carbocycles. The molecule has 0 aromatic heterocycles. The molecule has 0 amide bonds. The summed E-state index contributed by atoms with van der Waals surface area (Å²) in [7, 11) is 0. The third kappa shape index (κ3) is 4.03. The first-order valence-corrected chi connectivity index (χ1v) is 10.5. The molecule has 0 heteroatoms. The van der Waals surface area contributed by atoms with E-state index in [1.54, 1.807) is 0 Å². The minimum absolute atomic E-state index is 0.600. The highest BCUT2D eigenvalue weighted by molar-refractivity contribution is 5.97. The monoisotopic (exact) mass is 376 g/mol. The molecule has 0 aliphatic heterocycles. The summed E-state index contributed by atoms with van der Waals surface area (Å²) in [4.78, 5) is 0. The summed E-state index contributed by atoms with van der Waals surface area (Å²) in [5.41, 5.74) is 10.7. The Balaban J connectivity index is 2.13. The van der Waals surface area contributed by atoms with E-state index in [0.717, 1.165) is 6.42 Å². The average molecular weight is 377 g/mol. The Morgan fingerprint density at radius 3 is 1.41 bits per heavy atom. The van der Waals surface area contributed by atoms with Crippen molar-refractivity contribution in [3.63, 3.8) is 0 Å². The van der Waals surface area contributed by atoms with Crippen LogP contribution in [-0.4, -0.2) is 0 Å². The average Bonchev–Trinajstić information content (AvgIpc) is 2.75. The summed E-state index contributed by atoms with van der Waals surface area (Å²) in [5.74, 6) is 0.600. The molecule has 4 aromatic rings. The molecule has 0 aliphatic carbocycles. The summed E-state index contributed by atoms with van der Waals surface area (Å²) in [6, 6.07) is 35.0. The Labute approximate surface area is 174 Å². The van der Waals surface area contributed by atoms with Gasteiger partial charge in [-0.3, -0.25) is 0 Å².